The van der Waals surface area contributed by atoms with Gasteiger partial charge >= 0.3 is 0 Å². The van der Waals surface area contributed by atoms with Crippen LogP contribution in [0.1, 0.15) is 5.48 Å². The van der Waals surface area contributed by atoms with Crippen molar-refractivity contribution in [1.29, 1.82) is 0 Å². The van der Waals surface area contributed by atoms with E-state index >= 15 is 0 Å². The maximum Gasteiger partial charge on any atom is 0.143 e. The van der Waals surface area contributed by atoms with Gasteiger partial charge in [0.05, 0.1) is 11.2 Å². The molecule has 0 atom stereocenters. The van der Waals surface area contributed by atoms with E-state index < -0.39 is 0 Å². The lowest BCUT2D eigenvalue weighted by atomic mass is 9.97. The van der Waals surface area contributed by atoms with Gasteiger partial charge in [0.1, 0.15) is 11.2 Å². The largest absolute Gasteiger partial charge is 0.455 e. The highest BCUT2D eigenvalue weighted by molar-refractivity contribution is 6.17. The third kappa shape index (κ3) is 5.04. The fourth-order valence-corrected chi connectivity index (χ4v) is 7.50. The van der Waals surface area contributed by atoms with Crippen LogP contribution in [0, 0.1) is 0 Å². The van der Waals surface area contributed by atoms with Crippen LogP contribution in [-0.4, -0.2) is 0 Å². The molecule has 0 spiro atoms. The predicted octanol–water partition coefficient (Wildman–Crippen LogP) is 14.4. The first kappa shape index (κ1) is 26.0. The smallest absolute Gasteiger partial charge is 0.143 e. The number of hydrogen-bond acceptors (Lipinski definition) is 2. The molecule has 1 aromatic heterocycles. The molecule has 2 nitrogen and oxygen atoms in total. The van der Waals surface area contributed by atoms with Crippen molar-refractivity contribution < 1.29 is 9.90 Å². The molecule has 244 valence electrons. The van der Waals surface area contributed by atoms with E-state index in [1.807, 2.05) is 89.8 Å². The van der Waals surface area contributed by atoms with Crippen LogP contribution in [0.2, 0.25) is 0 Å². The molecule has 0 unspecified atom stereocenters. The van der Waals surface area contributed by atoms with Gasteiger partial charge in [0.2, 0.25) is 0 Å². The monoisotopic (exact) mass is 667 g/mol. The molecule has 0 saturated carbocycles. The van der Waals surface area contributed by atoms with Crippen molar-refractivity contribution in [3.05, 3.63) is 200 Å². The summed E-state index contributed by atoms with van der Waals surface area (Å²) in [5.41, 5.74) is 8.34. The normalized spacial score (nSPS) is 12.5. The molecule has 0 N–H and O–H groups in total. The van der Waals surface area contributed by atoms with E-state index in [4.69, 9.17) is 7.16 Å². The average Bonchev–Trinajstić information content (AvgIpc) is 3.65. The van der Waals surface area contributed by atoms with Gasteiger partial charge in [-0.05, 0) is 74.8 Å². The molecular formula is C50H33NO. The number of anilines is 3. The Morgan fingerprint density at radius 1 is 0.365 bits per heavy atom. The van der Waals surface area contributed by atoms with E-state index in [0.29, 0.717) is 22.4 Å². The first-order chi connectivity index (χ1) is 27.5. The Morgan fingerprint density at radius 2 is 0.923 bits per heavy atom. The Bertz CT molecular complexity index is 3110. The van der Waals surface area contributed by atoms with Gasteiger partial charge < -0.3 is 9.32 Å². The van der Waals surface area contributed by atoms with Crippen molar-refractivity contribution in [3.8, 4) is 33.4 Å². The standard InChI is InChI=1S/C50H33NO/c1-2-12-34(13-3-1)35-24-29-39(30-25-35)51(40-31-26-38(27-32-40)42-20-10-16-36-14-4-6-17-41(36)42)48-23-9-8-19-44(48)45-21-11-22-46-47-33-28-37-15-5-7-18-43(37)49(47)52-50(45)46/h1-33H/i8D,9D,19D,23D. The fraction of sp³-hybridized carbons (Fsp3) is 0. The Hall–Kier alpha value is -6.90. The first-order valence-electron chi connectivity index (χ1n) is 19.4. The zero-order valence-corrected chi connectivity index (χ0v) is 28.1. The summed E-state index contributed by atoms with van der Waals surface area (Å²) in [5.74, 6) is 0. The van der Waals surface area contributed by atoms with E-state index in [1.165, 1.54) is 0 Å². The highest BCUT2D eigenvalue weighted by Crippen LogP contribution is 2.45. The second-order valence-corrected chi connectivity index (χ2v) is 13.0. The van der Waals surface area contributed by atoms with E-state index in [-0.39, 0.29) is 24.2 Å². The van der Waals surface area contributed by atoms with Crippen molar-refractivity contribution >= 4 is 60.5 Å². The third-order valence-electron chi connectivity index (χ3n) is 10.0. The third-order valence-corrected chi connectivity index (χ3v) is 10.0. The Labute approximate surface area is 308 Å². The van der Waals surface area contributed by atoms with E-state index in [0.717, 1.165) is 71.5 Å². The topological polar surface area (TPSA) is 16.4 Å². The molecule has 10 aromatic rings. The molecule has 0 saturated heterocycles. The van der Waals surface area contributed by atoms with Gasteiger partial charge in [-0.2, -0.15) is 0 Å². The zero-order valence-electron chi connectivity index (χ0n) is 32.1. The summed E-state index contributed by atoms with van der Waals surface area (Å²) in [6, 6.07) is 58.4. The molecule has 0 radical (unpaired) electrons. The quantitative estimate of drug-likeness (QED) is 0.175. The van der Waals surface area contributed by atoms with Crippen LogP contribution in [0.4, 0.5) is 17.1 Å². The van der Waals surface area contributed by atoms with Gasteiger partial charge in [0.25, 0.3) is 0 Å². The van der Waals surface area contributed by atoms with Gasteiger partial charge in [-0.3, -0.25) is 0 Å². The summed E-state index contributed by atoms with van der Waals surface area (Å²) in [6.07, 6.45) is 0. The molecule has 0 aliphatic carbocycles. The lowest BCUT2D eigenvalue weighted by molar-refractivity contribution is 0.674. The molecule has 0 aliphatic heterocycles. The maximum absolute atomic E-state index is 9.56. The molecule has 52 heavy (non-hydrogen) atoms. The molecule has 1 heterocycles. The minimum Gasteiger partial charge on any atom is -0.455 e. The second kappa shape index (κ2) is 12.5. The SMILES string of the molecule is [2H]c1c([2H])c([2H])c(N(c2ccc(-c3ccccc3)cc2)c2ccc(-c3cccc4ccccc34)cc2)c(-c2cccc3c2oc2c4ccccc4ccc32)c1[2H]. The van der Waals surface area contributed by atoms with Crippen LogP contribution in [0.25, 0.3) is 76.9 Å². The Kier molecular flexibility index (Phi) is 6.22. The molecular weight excluding hydrogens is 631 g/mol. The summed E-state index contributed by atoms with van der Waals surface area (Å²) >= 11 is 0. The lowest BCUT2D eigenvalue weighted by Crippen LogP contribution is -2.11. The van der Waals surface area contributed by atoms with Crippen LogP contribution in [0.5, 0.6) is 0 Å². The molecule has 0 amide bonds. The Morgan fingerprint density at radius 3 is 1.71 bits per heavy atom. The Balaban J connectivity index is 1.22. The number of benzene rings is 9. The van der Waals surface area contributed by atoms with Crippen LogP contribution in [0.15, 0.2) is 205 Å². The fourth-order valence-electron chi connectivity index (χ4n) is 7.50. The summed E-state index contributed by atoms with van der Waals surface area (Å²) in [6.45, 7) is 0. The highest BCUT2D eigenvalue weighted by atomic mass is 16.3. The number of fused-ring (bicyclic) bond motifs is 6. The first-order valence-corrected chi connectivity index (χ1v) is 17.4. The van der Waals surface area contributed by atoms with Gasteiger partial charge in [0, 0.05) is 38.7 Å². The van der Waals surface area contributed by atoms with Crippen LogP contribution >= 0.6 is 0 Å². The van der Waals surface area contributed by atoms with Crippen molar-refractivity contribution in [3.63, 3.8) is 0 Å². The maximum atomic E-state index is 9.56. The molecule has 0 aliphatic rings. The molecule has 9 aromatic carbocycles. The summed E-state index contributed by atoms with van der Waals surface area (Å²) in [4.78, 5) is 1.95. The average molecular weight is 668 g/mol. The minimum absolute atomic E-state index is 0.142. The number of para-hydroxylation sites is 2. The van der Waals surface area contributed by atoms with Crippen molar-refractivity contribution in [1.82, 2.24) is 0 Å². The number of rotatable bonds is 6. The predicted molar refractivity (Wildman–Crippen MR) is 220 cm³/mol. The number of nitrogens with zero attached hydrogens (tertiary/aromatic N) is 1. The minimum atomic E-state index is -0.310. The van der Waals surface area contributed by atoms with Crippen LogP contribution in [0.3, 0.4) is 0 Å². The van der Waals surface area contributed by atoms with Gasteiger partial charge in [-0.25, -0.2) is 0 Å². The van der Waals surface area contributed by atoms with Crippen molar-refractivity contribution in [2.45, 2.75) is 0 Å². The number of furan rings is 1. The van der Waals surface area contributed by atoms with E-state index in [9.17, 15) is 2.74 Å². The molecule has 0 fully saturated rings. The molecule has 2 heteroatoms. The van der Waals surface area contributed by atoms with Gasteiger partial charge in [0.15, 0.2) is 0 Å². The van der Waals surface area contributed by atoms with E-state index in [1.54, 1.807) is 0 Å². The zero-order chi connectivity index (χ0) is 37.9. The number of hydrogen-bond donors (Lipinski definition) is 0. The van der Waals surface area contributed by atoms with Crippen molar-refractivity contribution in [2.75, 3.05) is 4.90 Å². The van der Waals surface area contributed by atoms with Crippen LogP contribution < -0.4 is 4.90 Å². The van der Waals surface area contributed by atoms with Crippen LogP contribution in [-0.2, 0) is 0 Å². The molecule has 0 bridgehead atoms. The summed E-state index contributed by atoms with van der Waals surface area (Å²) in [5, 5.41) is 6.17. The molecule has 10 rings (SSSR count). The van der Waals surface area contributed by atoms with Gasteiger partial charge in [-0.1, -0.05) is 164 Å². The highest BCUT2D eigenvalue weighted by Gasteiger charge is 2.21. The summed E-state index contributed by atoms with van der Waals surface area (Å²) < 4.78 is 43.7. The van der Waals surface area contributed by atoms with Crippen molar-refractivity contribution in [2.24, 2.45) is 0 Å². The lowest BCUT2D eigenvalue weighted by Gasteiger charge is -2.28. The van der Waals surface area contributed by atoms with Gasteiger partial charge in [-0.15, -0.1) is 0 Å². The second-order valence-electron chi connectivity index (χ2n) is 13.0. The van der Waals surface area contributed by atoms with E-state index in [2.05, 4.69) is 91.0 Å². The summed E-state index contributed by atoms with van der Waals surface area (Å²) in [7, 11) is 0.